The number of carbonyl (C=O) groups excluding carboxylic acids is 1. The summed E-state index contributed by atoms with van der Waals surface area (Å²) >= 11 is 0. The van der Waals surface area contributed by atoms with Gasteiger partial charge in [0, 0.05) is 5.69 Å². The maximum absolute atomic E-state index is 13.2. The highest BCUT2D eigenvalue weighted by atomic mass is 16.5. The van der Waals surface area contributed by atoms with E-state index < -0.39 is 6.04 Å². The molecule has 0 aromatic heterocycles. The van der Waals surface area contributed by atoms with Gasteiger partial charge in [-0.2, -0.15) is 0 Å². The molecule has 0 fully saturated rings. The van der Waals surface area contributed by atoms with Crippen LogP contribution in [0.2, 0.25) is 0 Å². The van der Waals surface area contributed by atoms with Crippen molar-refractivity contribution in [1.82, 2.24) is 0 Å². The Labute approximate surface area is 166 Å². The first-order chi connectivity index (χ1) is 13.6. The normalized spacial score (nSPS) is 11.5. The highest BCUT2D eigenvalue weighted by Crippen LogP contribution is 2.27. The third-order valence-corrected chi connectivity index (χ3v) is 4.66. The third kappa shape index (κ3) is 4.71. The number of benzene rings is 3. The summed E-state index contributed by atoms with van der Waals surface area (Å²) in [7, 11) is 0. The van der Waals surface area contributed by atoms with Gasteiger partial charge in [0.1, 0.15) is 11.8 Å². The average Bonchev–Trinajstić information content (AvgIpc) is 2.71. The molecule has 0 saturated carbocycles. The van der Waals surface area contributed by atoms with Crippen LogP contribution < -0.4 is 15.4 Å². The van der Waals surface area contributed by atoms with Crippen LogP contribution in [0.3, 0.4) is 0 Å². The molecule has 3 rings (SSSR count). The number of anilines is 2. The molecule has 0 radical (unpaired) electrons. The van der Waals surface area contributed by atoms with Gasteiger partial charge in [0.15, 0.2) is 0 Å². The maximum atomic E-state index is 13.2. The van der Waals surface area contributed by atoms with Crippen LogP contribution >= 0.6 is 0 Å². The van der Waals surface area contributed by atoms with Crippen molar-refractivity contribution in [2.75, 3.05) is 17.2 Å². The predicted octanol–water partition coefficient (Wildman–Crippen LogP) is 5.49. The van der Waals surface area contributed by atoms with Crippen LogP contribution in [0.5, 0.6) is 5.75 Å². The van der Waals surface area contributed by atoms with Crippen molar-refractivity contribution in [1.29, 1.82) is 0 Å². The third-order valence-electron chi connectivity index (χ3n) is 4.66. The van der Waals surface area contributed by atoms with E-state index in [1.54, 1.807) is 0 Å². The number of para-hydroxylation sites is 2. The molecule has 0 unspecified atom stereocenters. The minimum absolute atomic E-state index is 0.142. The molecular weight excluding hydrogens is 348 g/mol. The van der Waals surface area contributed by atoms with Crippen LogP contribution in [0.15, 0.2) is 72.8 Å². The van der Waals surface area contributed by atoms with Crippen LogP contribution in [0.25, 0.3) is 0 Å². The molecule has 3 aromatic rings. The summed E-state index contributed by atoms with van der Waals surface area (Å²) in [5.74, 6) is 0.521. The van der Waals surface area contributed by atoms with E-state index in [2.05, 4.69) is 36.6 Å². The molecule has 0 aliphatic carbocycles. The summed E-state index contributed by atoms with van der Waals surface area (Å²) in [5.41, 5.74) is 4.87. The van der Waals surface area contributed by atoms with Crippen LogP contribution in [-0.4, -0.2) is 12.5 Å². The largest absolute Gasteiger partial charge is 0.492 e. The Morgan fingerprint density at radius 2 is 1.64 bits per heavy atom. The first-order valence-electron chi connectivity index (χ1n) is 9.50. The Morgan fingerprint density at radius 3 is 2.36 bits per heavy atom. The molecule has 0 spiro atoms. The quantitative estimate of drug-likeness (QED) is 0.574. The number of amides is 1. The van der Waals surface area contributed by atoms with Gasteiger partial charge in [-0.1, -0.05) is 48.5 Å². The van der Waals surface area contributed by atoms with E-state index in [1.165, 1.54) is 11.1 Å². The Balaban J connectivity index is 1.88. The van der Waals surface area contributed by atoms with Crippen molar-refractivity contribution in [2.45, 2.75) is 26.8 Å². The van der Waals surface area contributed by atoms with E-state index in [0.717, 1.165) is 11.3 Å². The zero-order chi connectivity index (χ0) is 19.9. The van der Waals surface area contributed by atoms with Crippen molar-refractivity contribution in [2.24, 2.45) is 0 Å². The number of hydrogen-bond donors (Lipinski definition) is 2. The minimum atomic E-state index is -0.530. The second-order valence-corrected chi connectivity index (χ2v) is 6.71. The maximum Gasteiger partial charge on any atom is 0.251 e. The summed E-state index contributed by atoms with van der Waals surface area (Å²) < 4.78 is 5.64. The SMILES string of the molecule is CCOc1ccccc1NC(=O)[C@H](Nc1ccc(C)c(C)c1)c1ccccc1. The monoisotopic (exact) mass is 374 g/mol. The van der Waals surface area contributed by atoms with E-state index >= 15 is 0 Å². The number of carbonyl (C=O) groups is 1. The van der Waals surface area contributed by atoms with Crippen molar-refractivity contribution in [3.05, 3.63) is 89.5 Å². The van der Waals surface area contributed by atoms with Crippen molar-refractivity contribution < 1.29 is 9.53 Å². The molecular formula is C24H26N2O2. The van der Waals surface area contributed by atoms with Gasteiger partial charge in [-0.3, -0.25) is 4.79 Å². The summed E-state index contributed by atoms with van der Waals surface area (Å²) in [6, 6.07) is 22.8. The van der Waals surface area contributed by atoms with Gasteiger partial charge in [-0.15, -0.1) is 0 Å². The zero-order valence-electron chi connectivity index (χ0n) is 16.5. The summed E-state index contributed by atoms with van der Waals surface area (Å²) in [6.45, 7) is 6.60. The summed E-state index contributed by atoms with van der Waals surface area (Å²) in [4.78, 5) is 13.2. The molecule has 4 heteroatoms. The first-order valence-corrected chi connectivity index (χ1v) is 9.50. The van der Waals surface area contributed by atoms with Crippen molar-refractivity contribution in [3.8, 4) is 5.75 Å². The van der Waals surface area contributed by atoms with E-state index in [9.17, 15) is 4.79 Å². The molecule has 0 aliphatic heterocycles. The molecule has 28 heavy (non-hydrogen) atoms. The lowest BCUT2D eigenvalue weighted by atomic mass is 10.0. The summed E-state index contributed by atoms with van der Waals surface area (Å²) in [6.07, 6.45) is 0. The highest BCUT2D eigenvalue weighted by molar-refractivity contribution is 5.98. The molecule has 3 aromatic carbocycles. The Morgan fingerprint density at radius 1 is 0.929 bits per heavy atom. The Bertz CT molecular complexity index is 938. The molecule has 0 bridgehead atoms. The van der Waals surface area contributed by atoms with E-state index in [0.29, 0.717) is 18.0 Å². The standard InChI is InChI=1S/C24H26N2O2/c1-4-28-22-13-9-8-12-21(22)26-24(27)23(19-10-6-5-7-11-19)25-20-15-14-17(2)18(3)16-20/h5-16,23,25H,4H2,1-3H3,(H,26,27)/t23-/m1/s1. The first kappa shape index (κ1) is 19.5. The fourth-order valence-electron chi connectivity index (χ4n) is 3.00. The van der Waals surface area contributed by atoms with Crippen LogP contribution in [0.4, 0.5) is 11.4 Å². The van der Waals surface area contributed by atoms with Gasteiger partial charge >= 0.3 is 0 Å². The number of ether oxygens (including phenoxy) is 1. The van der Waals surface area contributed by atoms with E-state index in [1.807, 2.05) is 67.6 Å². The lowest BCUT2D eigenvalue weighted by Gasteiger charge is -2.21. The lowest BCUT2D eigenvalue weighted by Crippen LogP contribution is -2.27. The topological polar surface area (TPSA) is 50.4 Å². The molecule has 1 atom stereocenters. The van der Waals surface area contributed by atoms with Crippen LogP contribution in [-0.2, 0) is 4.79 Å². The second kappa shape index (κ2) is 9.09. The van der Waals surface area contributed by atoms with Crippen molar-refractivity contribution >= 4 is 17.3 Å². The molecule has 0 saturated heterocycles. The van der Waals surface area contributed by atoms with E-state index in [-0.39, 0.29) is 5.91 Å². The molecule has 0 aliphatic rings. The smallest absolute Gasteiger partial charge is 0.251 e. The zero-order valence-corrected chi connectivity index (χ0v) is 16.5. The average molecular weight is 374 g/mol. The molecule has 2 N–H and O–H groups in total. The highest BCUT2D eigenvalue weighted by Gasteiger charge is 2.21. The van der Waals surface area contributed by atoms with Gasteiger partial charge in [-0.25, -0.2) is 0 Å². The van der Waals surface area contributed by atoms with Gasteiger partial charge < -0.3 is 15.4 Å². The molecule has 144 valence electrons. The van der Waals surface area contributed by atoms with Gasteiger partial charge in [0.25, 0.3) is 5.91 Å². The van der Waals surface area contributed by atoms with Gasteiger partial charge in [-0.05, 0) is 61.7 Å². The Hall–Kier alpha value is -3.27. The van der Waals surface area contributed by atoms with Crippen LogP contribution in [0.1, 0.15) is 29.7 Å². The fourth-order valence-corrected chi connectivity index (χ4v) is 3.00. The molecule has 4 nitrogen and oxygen atoms in total. The molecule has 0 heterocycles. The molecule has 1 amide bonds. The van der Waals surface area contributed by atoms with Gasteiger partial charge in [0.05, 0.1) is 12.3 Å². The minimum Gasteiger partial charge on any atom is -0.492 e. The fraction of sp³-hybridized carbons (Fsp3) is 0.208. The predicted molar refractivity (Wildman–Crippen MR) is 115 cm³/mol. The van der Waals surface area contributed by atoms with Crippen molar-refractivity contribution in [3.63, 3.8) is 0 Å². The summed E-state index contributed by atoms with van der Waals surface area (Å²) in [5, 5.41) is 6.40. The Kier molecular flexibility index (Phi) is 6.33. The second-order valence-electron chi connectivity index (χ2n) is 6.71. The number of rotatable bonds is 7. The number of nitrogens with one attached hydrogen (secondary N) is 2. The van der Waals surface area contributed by atoms with Crippen LogP contribution in [0, 0.1) is 13.8 Å². The lowest BCUT2D eigenvalue weighted by molar-refractivity contribution is -0.117. The van der Waals surface area contributed by atoms with Gasteiger partial charge in [0.2, 0.25) is 0 Å². The van der Waals surface area contributed by atoms with E-state index in [4.69, 9.17) is 4.74 Å². The number of hydrogen-bond acceptors (Lipinski definition) is 3. The number of aryl methyl sites for hydroxylation is 2.